The SMILES string of the molecule is CC[C@H]1CCCCN1CC(=O)NC1(C(=O)O)CC1. The van der Waals surface area contributed by atoms with Crippen LogP contribution in [0.3, 0.4) is 0 Å². The van der Waals surface area contributed by atoms with Crippen molar-refractivity contribution in [1.82, 2.24) is 10.2 Å². The van der Waals surface area contributed by atoms with Crippen LogP contribution in [0, 0.1) is 0 Å². The second-order valence-corrected chi connectivity index (χ2v) is 5.46. The molecular weight excluding hydrogens is 232 g/mol. The predicted octanol–water partition coefficient (Wildman–Crippen LogP) is 0.984. The van der Waals surface area contributed by atoms with E-state index in [1.165, 1.54) is 6.42 Å². The van der Waals surface area contributed by atoms with Gasteiger partial charge in [0.15, 0.2) is 0 Å². The molecule has 5 heteroatoms. The summed E-state index contributed by atoms with van der Waals surface area (Å²) in [4.78, 5) is 25.1. The van der Waals surface area contributed by atoms with Crippen molar-refractivity contribution in [3.63, 3.8) is 0 Å². The minimum absolute atomic E-state index is 0.143. The van der Waals surface area contributed by atoms with Crippen LogP contribution in [0.1, 0.15) is 45.4 Å². The molecule has 0 aromatic heterocycles. The van der Waals surface area contributed by atoms with Gasteiger partial charge in [0.05, 0.1) is 6.54 Å². The van der Waals surface area contributed by atoms with Crippen molar-refractivity contribution in [3.8, 4) is 0 Å². The molecule has 1 saturated carbocycles. The first-order chi connectivity index (χ1) is 8.57. The maximum absolute atomic E-state index is 11.9. The summed E-state index contributed by atoms with van der Waals surface area (Å²) in [5.41, 5.74) is -0.950. The van der Waals surface area contributed by atoms with Gasteiger partial charge < -0.3 is 10.4 Å². The Kier molecular flexibility index (Phi) is 3.90. The molecule has 0 aromatic carbocycles. The topological polar surface area (TPSA) is 69.6 Å². The van der Waals surface area contributed by atoms with Crippen LogP contribution in [0.5, 0.6) is 0 Å². The molecule has 2 rings (SSSR count). The van der Waals surface area contributed by atoms with Gasteiger partial charge in [-0.3, -0.25) is 9.69 Å². The van der Waals surface area contributed by atoms with E-state index in [1.54, 1.807) is 0 Å². The minimum Gasteiger partial charge on any atom is -0.480 e. The molecule has 1 aliphatic carbocycles. The third-order valence-corrected chi connectivity index (χ3v) is 4.11. The van der Waals surface area contributed by atoms with E-state index in [4.69, 9.17) is 5.11 Å². The maximum atomic E-state index is 11.9. The lowest BCUT2D eigenvalue weighted by Gasteiger charge is -2.34. The second kappa shape index (κ2) is 5.26. The number of rotatable bonds is 5. The monoisotopic (exact) mass is 254 g/mol. The summed E-state index contributed by atoms with van der Waals surface area (Å²) in [5, 5.41) is 11.7. The van der Waals surface area contributed by atoms with Crippen LogP contribution in [0.15, 0.2) is 0 Å². The number of hydrogen-bond acceptors (Lipinski definition) is 3. The van der Waals surface area contributed by atoms with E-state index in [9.17, 15) is 9.59 Å². The number of carbonyl (C=O) groups is 2. The minimum atomic E-state index is -0.950. The molecule has 0 bridgehead atoms. The summed E-state index contributed by atoms with van der Waals surface area (Å²) in [7, 11) is 0. The van der Waals surface area contributed by atoms with Gasteiger partial charge in [-0.25, -0.2) is 4.79 Å². The Hall–Kier alpha value is -1.10. The van der Waals surface area contributed by atoms with Gasteiger partial charge >= 0.3 is 5.97 Å². The van der Waals surface area contributed by atoms with Crippen LogP contribution in [0.2, 0.25) is 0 Å². The Labute approximate surface area is 108 Å². The average molecular weight is 254 g/mol. The lowest BCUT2D eigenvalue weighted by Crippen LogP contribution is -2.50. The summed E-state index contributed by atoms with van der Waals surface area (Å²) < 4.78 is 0. The fourth-order valence-electron chi connectivity index (χ4n) is 2.74. The number of carbonyl (C=O) groups excluding carboxylic acids is 1. The Morgan fingerprint density at radius 1 is 1.39 bits per heavy atom. The molecule has 2 aliphatic rings. The Morgan fingerprint density at radius 2 is 2.11 bits per heavy atom. The summed E-state index contributed by atoms with van der Waals surface area (Å²) >= 11 is 0. The van der Waals surface area contributed by atoms with Crippen molar-refractivity contribution in [2.24, 2.45) is 0 Å². The molecule has 0 unspecified atom stereocenters. The molecule has 1 aliphatic heterocycles. The number of nitrogens with one attached hydrogen (secondary N) is 1. The van der Waals surface area contributed by atoms with Gasteiger partial charge in [0.25, 0.3) is 0 Å². The number of nitrogens with zero attached hydrogens (tertiary/aromatic N) is 1. The van der Waals surface area contributed by atoms with Crippen molar-refractivity contribution in [1.29, 1.82) is 0 Å². The Morgan fingerprint density at radius 3 is 2.67 bits per heavy atom. The highest BCUT2D eigenvalue weighted by atomic mass is 16.4. The van der Waals surface area contributed by atoms with Crippen molar-refractivity contribution in [2.75, 3.05) is 13.1 Å². The zero-order valence-electron chi connectivity index (χ0n) is 10.9. The molecule has 1 amide bonds. The predicted molar refractivity (Wildman–Crippen MR) is 67.2 cm³/mol. The quantitative estimate of drug-likeness (QED) is 0.767. The fraction of sp³-hybridized carbons (Fsp3) is 0.846. The summed E-state index contributed by atoms with van der Waals surface area (Å²) in [6.45, 7) is 3.43. The number of aliphatic carboxylic acids is 1. The summed E-state index contributed by atoms with van der Waals surface area (Å²) in [5.74, 6) is -1.04. The maximum Gasteiger partial charge on any atom is 0.329 e. The molecule has 5 nitrogen and oxygen atoms in total. The third-order valence-electron chi connectivity index (χ3n) is 4.11. The van der Waals surface area contributed by atoms with E-state index >= 15 is 0 Å². The van der Waals surface area contributed by atoms with E-state index in [2.05, 4.69) is 17.1 Å². The zero-order chi connectivity index (χ0) is 13.2. The van der Waals surface area contributed by atoms with Gasteiger partial charge in [-0.1, -0.05) is 13.3 Å². The lowest BCUT2D eigenvalue weighted by molar-refractivity contribution is -0.143. The average Bonchev–Trinajstić information content (AvgIpc) is 3.10. The van der Waals surface area contributed by atoms with E-state index in [0.29, 0.717) is 25.4 Å². The van der Waals surface area contributed by atoms with Crippen LogP contribution in [0.4, 0.5) is 0 Å². The summed E-state index contributed by atoms with van der Waals surface area (Å²) in [6, 6.07) is 0.476. The highest BCUT2D eigenvalue weighted by molar-refractivity contribution is 5.90. The number of hydrogen-bond donors (Lipinski definition) is 2. The molecule has 0 spiro atoms. The Bertz CT molecular complexity index is 339. The van der Waals surface area contributed by atoms with Crippen molar-refractivity contribution < 1.29 is 14.7 Å². The van der Waals surface area contributed by atoms with Crippen molar-refractivity contribution in [3.05, 3.63) is 0 Å². The largest absolute Gasteiger partial charge is 0.480 e. The molecule has 1 atom stereocenters. The van der Waals surface area contributed by atoms with E-state index < -0.39 is 11.5 Å². The van der Waals surface area contributed by atoms with Gasteiger partial charge in [-0.15, -0.1) is 0 Å². The third kappa shape index (κ3) is 2.83. The molecule has 0 radical (unpaired) electrons. The van der Waals surface area contributed by atoms with Gasteiger partial charge in [-0.05, 0) is 38.6 Å². The molecule has 1 heterocycles. The highest BCUT2D eigenvalue weighted by Crippen LogP contribution is 2.35. The van der Waals surface area contributed by atoms with Gasteiger partial charge in [0.1, 0.15) is 5.54 Å². The fourth-order valence-corrected chi connectivity index (χ4v) is 2.74. The number of amides is 1. The van der Waals surface area contributed by atoms with Crippen LogP contribution >= 0.6 is 0 Å². The van der Waals surface area contributed by atoms with Crippen molar-refractivity contribution in [2.45, 2.75) is 57.0 Å². The van der Waals surface area contributed by atoms with Crippen LogP contribution in [-0.2, 0) is 9.59 Å². The smallest absolute Gasteiger partial charge is 0.329 e. The Balaban J connectivity index is 1.85. The molecule has 2 fully saturated rings. The van der Waals surface area contributed by atoms with Crippen LogP contribution in [0.25, 0.3) is 0 Å². The van der Waals surface area contributed by atoms with E-state index in [1.807, 2.05) is 0 Å². The zero-order valence-corrected chi connectivity index (χ0v) is 10.9. The molecule has 2 N–H and O–H groups in total. The lowest BCUT2D eigenvalue weighted by atomic mass is 10.00. The van der Waals surface area contributed by atoms with Crippen LogP contribution in [-0.4, -0.2) is 46.6 Å². The molecule has 102 valence electrons. The second-order valence-electron chi connectivity index (χ2n) is 5.46. The van der Waals surface area contributed by atoms with Crippen LogP contribution < -0.4 is 5.32 Å². The molecule has 18 heavy (non-hydrogen) atoms. The molecular formula is C13H22N2O3. The number of carboxylic acid groups (broad SMARTS) is 1. The van der Waals surface area contributed by atoms with Crippen molar-refractivity contribution >= 4 is 11.9 Å². The number of likely N-dealkylation sites (tertiary alicyclic amines) is 1. The van der Waals surface area contributed by atoms with E-state index in [0.717, 1.165) is 25.8 Å². The first-order valence-corrected chi connectivity index (χ1v) is 6.86. The van der Waals surface area contributed by atoms with Gasteiger partial charge in [-0.2, -0.15) is 0 Å². The normalized spacial score (nSPS) is 26.6. The number of carboxylic acids is 1. The van der Waals surface area contributed by atoms with E-state index in [-0.39, 0.29) is 5.91 Å². The molecule has 1 saturated heterocycles. The summed E-state index contributed by atoms with van der Waals surface area (Å²) in [6.07, 6.45) is 5.69. The highest BCUT2D eigenvalue weighted by Gasteiger charge is 2.51. The first kappa shape index (κ1) is 13.3. The number of piperidine rings is 1. The first-order valence-electron chi connectivity index (χ1n) is 6.86. The van der Waals surface area contributed by atoms with Gasteiger partial charge in [0.2, 0.25) is 5.91 Å². The standard InChI is InChI=1S/C13H22N2O3/c1-2-10-5-3-4-8-15(10)9-11(16)14-13(6-7-13)12(17)18/h10H,2-9H2,1H3,(H,14,16)(H,17,18)/t10-/m0/s1. The van der Waals surface area contributed by atoms with Gasteiger partial charge in [0, 0.05) is 6.04 Å². The molecule has 0 aromatic rings.